The molecule has 7 heteroatoms. The molecule has 7 nitrogen and oxygen atoms in total. The van der Waals surface area contributed by atoms with Crippen LogP contribution in [0.3, 0.4) is 0 Å². The van der Waals surface area contributed by atoms with E-state index >= 15 is 0 Å². The fourth-order valence-corrected chi connectivity index (χ4v) is 3.76. The maximum atomic E-state index is 12.5. The number of ether oxygens (including phenoxy) is 2. The van der Waals surface area contributed by atoms with E-state index in [4.69, 9.17) is 9.47 Å². The molecule has 0 radical (unpaired) electrons. The largest absolute Gasteiger partial charge is 0.444 e. The molecular weight excluding hydrogens is 478 g/mol. The normalized spacial score (nSPS) is 11.1. The molecule has 1 amide bonds. The Morgan fingerprint density at radius 3 is 2.16 bits per heavy atom. The van der Waals surface area contributed by atoms with Gasteiger partial charge in [-0.2, -0.15) is 0 Å². The number of nitrogens with one attached hydrogen (secondary N) is 1. The molecule has 0 atom stereocenters. The maximum Gasteiger partial charge on any atom is 0.412 e. The van der Waals surface area contributed by atoms with Gasteiger partial charge in [0.05, 0.1) is 11.3 Å². The van der Waals surface area contributed by atoms with Gasteiger partial charge in [-0.3, -0.25) is 10.1 Å². The molecule has 3 aromatic carbocycles. The summed E-state index contributed by atoms with van der Waals surface area (Å²) in [7, 11) is 0. The number of anilines is 1. The number of amides is 1. The Bertz CT molecular complexity index is 1390. The van der Waals surface area contributed by atoms with Crippen LogP contribution in [0.1, 0.15) is 45.2 Å². The van der Waals surface area contributed by atoms with Gasteiger partial charge in [0.1, 0.15) is 6.61 Å². The molecule has 1 aromatic heterocycles. The number of carbonyl (C=O) groups excluding carboxylic acids is 2. The van der Waals surface area contributed by atoms with Gasteiger partial charge >= 0.3 is 12.1 Å². The molecule has 4 rings (SSSR count). The van der Waals surface area contributed by atoms with Crippen LogP contribution in [0, 0.1) is 0 Å². The molecule has 0 bridgehead atoms. The fourth-order valence-electron chi connectivity index (χ4n) is 3.76. The Kier molecular flexibility index (Phi) is 8.16. The summed E-state index contributed by atoms with van der Waals surface area (Å²) in [6, 6.07) is 22.8. The first-order valence-corrected chi connectivity index (χ1v) is 12.5. The number of aromatic nitrogens is 2. The number of hydrogen-bond donors (Lipinski definition) is 1. The molecule has 194 valence electrons. The zero-order valence-corrected chi connectivity index (χ0v) is 22.0. The van der Waals surface area contributed by atoms with Crippen molar-refractivity contribution in [1.82, 2.24) is 9.97 Å². The van der Waals surface area contributed by atoms with Gasteiger partial charge in [-0.1, -0.05) is 88.4 Å². The van der Waals surface area contributed by atoms with Crippen molar-refractivity contribution in [1.29, 1.82) is 0 Å². The Morgan fingerprint density at radius 2 is 1.53 bits per heavy atom. The third-order valence-electron chi connectivity index (χ3n) is 5.95. The third-order valence-corrected chi connectivity index (χ3v) is 5.95. The van der Waals surface area contributed by atoms with E-state index in [1.165, 1.54) is 5.56 Å². The molecule has 0 aliphatic carbocycles. The summed E-state index contributed by atoms with van der Waals surface area (Å²) < 4.78 is 11.0. The minimum absolute atomic E-state index is 0.0677. The standard InChI is InChI=1S/C31H31N3O4/c1-5-27(35)38-28-25(12-9-13-26(28)34-30(36)37-20-21-10-7-6-8-11-21)29-32-18-23(19-33-29)22-14-16-24(17-15-22)31(2,3)4/h6-19H,5,20H2,1-4H3,(H,34,36). The van der Waals surface area contributed by atoms with Gasteiger partial charge in [0.15, 0.2) is 11.6 Å². The highest BCUT2D eigenvalue weighted by Crippen LogP contribution is 2.36. The minimum atomic E-state index is -0.672. The third kappa shape index (κ3) is 6.62. The van der Waals surface area contributed by atoms with E-state index < -0.39 is 12.1 Å². The van der Waals surface area contributed by atoms with Crippen LogP contribution in [0.25, 0.3) is 22.5 Å². The van der Waals surface area contributed by atoms with E-state index in [-0.39, 0.29) is 29.9 Å². The summed E-state index contributed by atoms with van der Waals surface area (Å²) in [5, 5.41) is 2.68. The van der Waals surface area contributed by atoms with E-state index in [9.17, 15) is 9.59 Å². The number of rotatable bonds is 7. The highest BCUT2D eigenvalue weighted by atomic mass is 16.6. The average molecular weight is 510 g/mol. The summed E-state index contributed by atoms with van der Waals surface area (Å²) in [5.74, 6) is 0.0762. The minimum Gasteiger partial charge on any atom is -0.444 e. The van der Waals surface area contributed by atoms with Crippen molar-refractivity contribution >= 4 is 17.7 Å². The van der Waals surface area contributed by atoms with Gasteiger partial charge in [-0.15, -0.1) is 0 Å². The quantitative estimate of drug-likeness (QED) is 0.210. The average Bonchev–Trinajstić information content (AvgIpc) is 2.93. The molecule has 0 spiro atoms. The monoisotopic (exact) mass is 509 g/mol. The number of para-hydroxylation sites is 1. The topological polar surface area (TPSA) is 90.4 Å². The van der Waals surface area contributed by atoms with Crippen LogP contribution in [0.15, 0.2) is 85.2 Å². The number of benzene rings is 3. The Labute approximate surface area is 222 Å². The van der Waals surface area contributed by atoms with Crippen LogP contribution in [-0.2, 0) is 21.6 Å². The predicted octanol–water partition coefficient (Wildman–Crippen LogP) is 7.17. The van der Waals surface area contributed by atoms with Crippen molar-refractivity contribution in [2.24, 2.45) is 0 Å². The maximum absolute atomic E-state index is 12.5. The second-order valence-corrected chi connectivity index (χ2v) is 9.82. The van der Waals surface area contributed by atoms with Crippen LogP contribution in [-0.4, -0.2) is 22.0 Å². The number of esters is 1. The van der Waals surface area contributed by atoms with E-state index in [1.807, 2.05) is 30.3 Å². The van der Waals surface area contributed by atoms with Gasteiger partial charge in [-0.05, 0) is 34.2 Å². The lowest BCUT2D eigenvalue weighted by Gasteiger charge is -2.19. The van der Waals surface area contributed by atoms with Gasteiger partial charge < -0.3 is 9.47 Å². The van der Waals surface area contributed by atoms with Crippen molar-refractivity contribution in [3.8, 4) is 28.3 Å². The van der Waals surface area contributed by atoms with Crippen molar-refractivity contribution < 1.29 is 19.1 Å². The van der Waals surface area contributed by atoms with E-state index in [2.05, 4.69) is 60.3 Å². The smallest absolute Gasteiger partial charge is 0.412 e. The van der Waals surface area contributed by atoms with E-state index in [0.717, 1.165) is 16.7 Å². The van der Waals surface area contributed by atoms with Gasteiger partial charge in [0.25, 0.3) is 0 Å². The molecule has 0 saturated carbocycles. The molecule has 1 N–H and O–H groups in total. The second-order valence-electron chi connectivity index (χ2n) is 9.82. The lowest BCUT2D eigenvalue weighted by molar-refractivity contribution is -0.133. The van der Waals surface area contributed by atoms with Crippen LogP contribution >= 0.6 is 0 Å². The van der Waals surface area contributed by atoms with Crippen LogP contribution in [0.2, 0.25) is 0 Å². The molecule has 0 fully saturated rings. The first kappa shape index (κ1) is 26.5. The molecule has 38 heavy (non-hydrogen) atoms. The molecule has 0 aliphatic heterocycles. The second kappa shape index (κ2) is 11.7. The first-order chi connectivity index (χ1) is 18.2. The van der Waals surface area contributed by atoms with Gasteiger partial charge in [0.2, 0.25) is 0 Å². The summed E-state index contributed by atoms with van der Waals surface area (Å²) in [4.78, 5) is 33.8. The Morgan fingerprint density at radius 1 is 0.842 bits per heavy atom. The zero-order chi connectivity index (χ0) is 27.1. The molecular formula is C31H31N3O4. The van der Waals surface area contributed by atoms with Crippen LogP contribution in [0.4, 0.5) is 10.5 Å². The SMILES string of the molecule is CCC(=O)Oc1c(NC(=O)OCc2ccccc2)cccc1-c1ncc(-c2ccc(C(C)(C)C)cc2)cn1. The number of carbonyl (C=O) groups is 2. The number of nitrogens with zero attached hydrogens (tertiary/aromatic N) is 2. The summed E-state index contributed by atoms with van der Waals surface area (Å²) in [6.45, 7) is 8.33. The Hall–Kier alpha value is -4.52. The predicted molar refractivity (Wildman–Crippen MR) is 148 cm³/mol. The van der Waals surface area contributed by atoms with E-state index in [0.29, 0.717) is 11.4 Å². The molecule has 0 saturated heterocycles. The Balaban J connectivity index is 1.58. The molecule has 0 aliphatic rings. The van der Waals surface area contributed by atoms with Gasteiger partial charge in [-0.25, -0.2) is 14.8 Å². The lowest BCUT2D eigenvalue weighted by Crippen LogP contribution is -2.16. The van der Waals surface area contributed by atoms with Crippen LogP contribution in [0.5, 0.6) is 5.75 Å². The lowest BCUT2D eigenvalue weighted by atomic mass is 9.86. The van der Waals surface area contributed by atoms with Crippen molar-refractivity contribution in [3.63, 3.8) is 0 Å². The molecule has 4 aromatic rings. The highest BCUT2D eigenvalue weighted by molar-refractivity contribution is 5.91. The number of hydrogen-bond acceptors (Lipinski definition) is 6. The molecule has 1 heterocycles. The van der Waals surface area contributed by atoms with Crippen LogP contribution < -0.4 is 10.1 Å². The highest BCUT2D eigenvalue weighted by Gasteiger charge is 2.19. The zero-order valence-electron chi connectivity index (χ0n) is 22.0. The van der Waals surface area contributed by atoms with Crippen molar-refractivity contribution in [2.45, 2.75) is 46.1 Å². The van der Waals surface area contributed by atoms with Crippen molar-refractivity contribution in [3.05, 3.63) is 96.3 Å². The first-order valence-electron chi connectivity index (χ1n) is 12.5. The molecule has 0 unspecified atom stereocenters. The van der Waals surface area contributed by atoms with Gasteiger partial charge in [0, 0.05) is 24.4 Å². The summed E-state index contributed by atoms with van der Waals surface area (Å²) in [6.07, 6.45) is 2.95. The summed E-state index contributed by atoms with van der Waals surface area (Å²) >= 11 is 0. The van der Waals surface area contributed by atoms with Crippen molar-refractivity contribution in [2.75, 3.05) is 5.32 Å². The summed E-state index contributed by atoms with van der Waals surface area (Å²) in [5.41, 5.74) is 4.79. The van der Waals surface area contributed by atoms with E-state index in [1.54, 1.807) is 37.5 Å². The fraction of sp³-hybridized carbons (Fsp3) is 0.226.